The number of ether oxygens (including phenoxy) is 1. The molecule has 1 saturated heterocycles. The lowest BCUT2D eigenvalue weighted by molar-refractivity contribution is -0.117. The molecule has 1 aliphatic heterocycles. The maximum Gasteiger partial charge on any atom is 0.146 e. The largest absolute Gasteiger partial charge is 0.367 e. The maximum atomic E-state index is 10.6. The van der Waals surface area contributed by atoms with E-state index in [1.807, 2.05) is 6.92 Å². The minimum absolute atomic E-state index is 0.155. The number of carbonyl (C=O) groups is 1. The molecular formula is C6H10O2S. The summed E-state index contributed by atoms with van der Waals surface area (Å²) >= 11 is 1.60. The summed E-state index contributed by atoms with van der Waals surface area (Å²) in [6, 6.07) is 0. The first-order valence-corrected chi connectivity index (χ1v) is 4.12. The molecule has 0 N–H and O–H groups in total. The Bertz CT molecular complexity index is 114. The molecule has 3 heteroatoms. The summed E-state index contributed by atoms with van der Waals surface area (Å²) in [4.78, 5) is 10.6. The molecule has 1 atom stereocenters. The van der Waals surface area contributed by atoms with Gasteiger partial charge in [-0.25, -0.2) is 0 Å². The van der Waals surface area contributed by atoms with Crippen molar-refractivity contribution < 1.29 is 9.53 Å². The van der Waals surface area contributed by atoms with Crippen LogP contribution >= 0.6 is 11.8 Å². The molecule has 0 spiro atoms. The lowest BCUT2D eigenvalue weighted by Crippen LogP contribution is -2.04. The van der Waals surface area contributed by atoms with Crippen LogP contribution in [0.2, 0.25) is 0 Å². The monoisotopic (exact) mass is 146 g/mol. The molecule has 0 aromatic heterocycles. The lowest BCUT2D eigenvalue weighted by Gasteiger charge is -2.04. The second-order valence-electron chi connectivity index (χ2n) is 1.94. The molecule has 52 valence electrons. The molecule has 0 aromatic carbocycles. The summed E-state index contributed by atoms with van der Waals surface area (Å²) in [5, 5.41) is 0. The molecule has 0 amide bonds. The van der Waals surface area contributed by atoms with Gasteiger partial charge in [0.25, 0.3) is 0 Å². The molecule has 1 aliphatic rings. The van der Waals surface area contributed by atoms with Gasteiger partial charge in [0.2, 0.25) is 0 Å². The van der Waals surface area contributed by atoms with Crippen LogP contribution in [0, 0.1) is 0 Å². The molecule has 1 unspecified atom stereocenters. The zero-order valence-corrected chi connectivity index (χ0v) is 6.24. The quantitative estimate of drug-likeness (QED) is 0.582. The molecule has 0 bridgehead atoms. The smallest absolute Gasteiger partial charge is 0.146 e. The predicted molar refractivity (Wildman–Crippen MR) is 37.5 cm³/mol. The maximum absolute atomic E-state index is 10.6. The van der Waals surface area contributed by atoms with Crippen molar-refractivity contribution in [3.05, 3.63) is 0 Å². The lowest BCUT2D eigenvalue weighted by atomic mass is 10.3. The molecule has 0 aromatic rings. The molecule has 2 nitrogen and oxygen atoms in total. The highest BCUT2D eigenvalue weighted by molar-refractivity contribution is 8.00. The number of thioether (sulfide) groups is 1. The van der Waals surface area contributed by atoms with Gasteiger partial charge in [0.05, 0.1) is 5.75 Å². The minimum Gasteiger partial charge on any atom is -0.367 e. The predicted octanol–water partition coefficient (Wildman–Crippen LogP) is 1.06. The summed E-state index contributed by atoms with van der Waals surface area (Å²) < 4.78 is 5.22. The van der Waals surface area contributed by atoms with E-state index in [1.165, 1.54) is 0 Å². The summed E-state index contributed by atoms with van der Waals surface area (Å²) in [6.45, 7) is 2.66. The number of hydrogen-bond acceptors (Lipinski definition) is 3. The van der Waals surface area contributed by atoms with Crippen LogP contribution in [-0.2, 0) is 9.53 Å². The second-order valence-corrected chi connectivity index (χ2v) is 3.09. The van der Waals surface area contributed by atoms with Crippen molar-refractivity contribution in [2.75, 3.05) is 12.4 Å². The first-order valence-electron chi connectivity index (χ1n) is 3.08. The molecular weight excluding hydrogens is 136 g/mol. The zero-order valence-electron chi connectivity index (χ0n) is 5.42. The average molecular weight is 146 g/mol. The van der Waals surface area contributed by atoms with Crippen LogP contribution in [0.15, 0.2) is 0 Å². The van der Waals surface area contributed by atoms with E-state index in [0.717, 1.165) is 0 Å². The standard InChI is InChI=1S/C6H10O2S/c1-2-8-6-3-5(7)4-9-6/h6H,2-4H2,1H3. The fraction of sp³-hybridized carbons (Fsp3) is 0.833. The molecule has 9 heavy (non-hydrogen) atoms. The highest BCUT2D eigenvalue weighted by Gasteiger charge is 2.22. The van der Waals surface area contributed by atoms with Crippen molar-refractivity contribution in [2.24, 2.45) is 0 Å². The normalized spacial score (nSPS) is 27.2. The Labute approximate surface area is 59.0 Å². The summed E-state index contributed by atoms with van der Waals surface area (Å²) in [7, 11) is 0. The van der Waals surface area contributed by atoms with Crippen molar-refractivity contribution >= 4 is 17.5 Å². The van der Waals surface area contributed by atoms with Gasteiger partial charge in [-0.2, -0.15) is 0 Å². The fourth-order valence-electron chi connectivity index (χ4n) is 0.783. The molecule has 0 radical (unpaired) electrons. The zero-order chi connectivity index (χ0) is 6.69. The van der Waals surface area contributed by atoms with Crippen LogP contribution in [-0.4, -0.2) is 23.6 Å². The average Bonchev–Trinajstić information content (AvgIpc) is 2.17. The van der Waals surface area contributed by atoms with Crippen LogP contribution in [0.5, 0.6) is 0 Å². The molecule has 1 rings (SSSR count). The summed E-state index contributed by atoms with van der Waals surface area (Å²) in [6.07, 6.45) is 0.610. The van der Waals surface area contributed by atoms with Gasteiger partial charge in [-0.15, -0.1) is 11.8 Å². The third-order valence-corrected chi connectivity index (χ3v) is 2.34. The number of rotatable bonds is 2. The van der Waals surface area contributed by atoms with Gasteiger partial charge in [-0.3, -0.25) is 4.79 Å². The van der Waals surface area contributed by atoms with E-state index in [4.69, 9.17) is 4.74 Å². The van der Waals surface area contributed by atoms with Crippen molar-refractivity contribution in [3.63, 3.8) is 0 Å². The third kappa shape index (κ3) is 1.99. The second kappa shape index (κ2) is 3.22. The fourth-order valence-corrected chi connectivity index (χ4v) is 1.81. The van der Waals surface area contributed by atoms with Gasteiger partial charge < -0.3 is 4.74 Å². The van der Waals surface area contributed by atoms with E-state index in [0.29, 0.717) is 24.6 Å². The van der Waals surface area contributed by atoms with Crippen molar-refractivity contribution in [1.29, 1.82) is 0 Å². The van der Waals surface area contributed by atoms with Crippen molar-refractivity contribution in [1.82, 2.24) is 0 Å². The van der Waals surface area contributed by atoms with Crippen molar-refractivity contribution in [2.45, 2.75) is 18.8 Å². The van der Waals surface area contributed by atoms with E-state index in [1.54, 1.807) is 11.8 Å². The highest BCUT2D eigenvalue weighted by atomic mass is 32.2. The van der Waals surface area contributed by atoms with E-state index in [2.05, 4.69) is 0 Å². The summed E-state index contributed by atoms with van der Waals surface area (Å²) in [5.41, 5.74) is 0.155. The Kier molecular flexibility index (Phi) is 2.54. The SMILES string of the molecule is CCOC1CC(=O)CS1. The van der Waals surface area contributed by atoms with E-state index in [-0.39, 0.29) is 5.44 Å². The van der Waals surface area contributed by atoms with Gasteiger partial charge in [0.15, 0.2) is 0 Å². The first kappa shape index (κ1) is 7.09. The molecule has 1 fully saturated rings. The third-order valence-electron chi connectivity index (χ3n) is 1.18. The van der Waals surface area contributed by atoms with Crippen molar-refractivity contribution in [3.8, 4) is 0 Å². The first-order chi connectivity index (χ1) is 4.33. The number of hydrogen-bond donors (Lipinski definition) is 0. The number of ketones is 1. The van der Waals surface area contributed by atoms with Gasteiger partial charge in [-0.1, -0.05) is 0 Å². The summed E-state index contributed by atoms with van der Waals surface area (Å²) in [5.74, 6) is 0.962. The molecule has 0 saturated carbocycles. The van der Waals surface area contributed by atoms with E-state index < -0.39 is 0 Å². The van der Waals surface area contributed by atoms with E-state index in [9.17, 15) is 4.79 Å². The van der Waals surface area contributed by atoms with Crippen LogP contribution in [0.4, 0.5) is 0 Å². The van der Waals surface area contributed by atoms with Gasteiger partial charge in [0.1, 0.15) is 11.2 Å². The van der Waals surface area contributed by atoms with Crippen LogP contribution < -0.4 is 0 Å². The highest BCUT2D eigenvalue weighted by Crippen LogP contribution is 2.23. The minimum atomic E-state index is 0.155. The number of carbonyl (C=O) groups excluding carboxylic acids is 1. The Morgan fingerprint density at radius 1 is 1.89 bits per heavy atom. The topological polar surface area (TPSA) is 26.3 Å². The van der Waals surface area contributed by atoms with Gasteiger partial charge >= 0.3 is 0 Å². The van der Waals surface area contributed by atoms with Crippen LogP contribution in [0.3, 0.4) is 0 Å². The number of Topliss-reactive ketones (excluding diaryl/α,β-unsaturated/α-hetero) is 1. The van der Waals surface area contributed by atoms with Gasteiger partial charge in [-0.05, 0) is 6.92 Å². The van der Waals surface area contributed by atoms with Crippen LogP contribution in [0.25, 0.3) is 0 Å². The van der Waals surface area contributed by atoms with E-state index >= 15 is 0 Å². The van der Waals surface area contributed by atoms with Crippen LogP contribution in [0.1, 0.15) is 13.3 Å². The Morgan fingerprint density at radius 3 is 3.11 bits per heavy atom. The molecule has 1 heterocycles. The Hall–Kier alpha value is -0.0200. The Balaban J connectivity index is 2.22. The Morgan fingerprint density at radius 2 is 2.67 bits per heavy atom. The van der Waals surface area contributed by atoms with Gasteiger partial charge in [0, 0.05) is 13.0 Å². The molecule has 0 aliphatic carbocycles.